The van der Waals surface area contributed by atoms with Crippen LogP contribution in [0.3, 0.4) is 0 Å². The molecule has 0 saturated heterocycles. The number of benzene rings is 1. The summed E-state index contributed by atoms with van der Waals surface area (Å²) in [6.07, 6.45) is 1.83. The maximum Gasteiger partial charge on any atom is 0.419 e. The van der Waals surface area contributed by atoms with Crippen molar-refractivity contribution in [2.45, 2.75) is 70.5 Å². The third kappa shape index (κ3) is 9.26. The first-order valence-electron chi connectivity index (χ1n) is 10.1. The average molecular weight is 406 g/mol. The van der Waals surface area contributed by atoms with Gasteiger partial charge in [0.2, 0.25) is 0 Å². The van der Waals surface area contributed by atoms with Gasteiger partial charge in [0.25, 0.3) is 0 Å². The number of alkyl halides is 3. The van der Waals surface area contributed by atoms with E-state index in [9.17, 15) is 13.2 Å². The first kappa shape index (κ1) is 24.7. The van der Waals surface area contributed by atoms with Gasteiger partial charge < -0.3 is 20.7 Å². The zero-order valence-electron chi connectivity index (χ0n) is 16.7. The fourth-order valence-corrected chi connectivity index (χ4v) is 3.07. The summed E-state index contributed by atoms with van der Waals surface area (Å²) < 4.78 is 45.6. The van der Waals surface area contributed by atoms with Crippen LogP contribution in [0.15, 0.2) is 18.2 Å². The number of ether oxygens (including phenoxy) is 1. The minimum Gasteiger partial charge on any atom is -0.493 e. The predicted molar refractivity (Wildman–Crippen MR) is 104 cm³/mol. The van der Waals surface area contributed by atoms with Gasteiger partial charge in [0, 0.05) is 25.2 Å². The largest absolute Gasteiger partial charge is 0.493 e. The van der Waals surface area contributed by atoms with Crippen LogP contribution in [0.1, 0.15) is 63.0 Å². The van der Waals surface area contributed by atoms with Crippen molar-refractivity contribution in [3.8, 4) is 5.75 Å². The molecule has 0 aliphatic heterocycles. The van der Waals surface area contributed by atoms with Crippen molar-refractivity contribution in [1.82, 2.24) is 0 Å². The highest BCUT2D eigenvalue weighted by molar-refractivity contribution is 5.39. The summed E-state index contributed by atoms with van der Waals surface area (Å²) in [6, 6.07) is 3.87. The summed E-state index contributed by atoms with van der Waals surface area (Å²) in [5, 5.41) is 18.2. The summed E-state index contributed by atoms with van der Waals surface area (Å²) >= 11 is 0. The van der Waals surface area contributed by atoms with Crippen molar-refractivity contribution in [1.29, 1.82) is 0 Å². The minimum atomic E-state index is -4.48. The number of halogens is 3. The van der Waals surface area contributed by atoms with Crippen LogP contribution >= 0.6 is 0 Å². The van der Waals surface area contributed by atoms with E-state index in [4.69, 9.17) is 20.7 Å². The summed E-state index contributed by atoms with van der Waals surface area (Å²) in [4.78, 5) is 0. The summed E-state index contributed by atoms with van der Waals surface area (Å²) in [7, 11) is 0. The third-order valence-corrected chi connectivity index (χ3v) is 4.81. The molecule has 1 rings (SSSR count). The Morgan fingerprint density at radius 1 is 1.07 bits per heavy atom. The van der Waals surface area contributed by atoms with Crippen molar-refractivity contribution in [2.24, 2.45) is 11.7 Å². The molecular formula is C21H34F3NO3. The van der Waals surface area contributed by atoms with Crippen LogP contribution in [0.4, 0.5) is 13.2 Å². The molecule has 0 aliphatic carbocycles. The molecule has 7 heteroatoms. The fraction of sp³-hybridized carbons (Fsp3) is 0.714. The van der Waals surface area contributed by atoms with E-state index in [0.717, 1.165) is 38.2 Å². The van der Waals surface area contributed by atoms with Gasteiger partial charge >= 0.3 is 6.18 Å². The maximum absolute atomic E-state index is 13.4. The molecule has 0 aromatic heterocycles. The Morgan fingerprint density at radius 2 is 1.75 bits per heavy atom. The zero-order chi connectivity index (χ0) is 21.0. The van der Waals surface area contributed by atoms with E-state index in [1.807, 2.05) is 0 Å². The van der Waals surface area contributed by atoms with Gasteiger partial charge in [-0.25, -0.2) is 0 Å². The van der Waals surface area contributed by atoms with Gasteiger partial charge in [-0.15, -0.1) is 0 Å². The van der Waals surface area contributed by atoms with Gasteiger partial charge in [0.05, 0.1) is 12.2 Å². The number of hydrogen-bond donors (Lipinski definition) is 3. The molecule has 0 radical (unpaired) electrons. The van der Waals surface area contributed by atoms with Crippen LogP contribution in [0.25, 0.3) is 0 Å². The van der Waals surface area contributed by atoms with E-state index in [2.05, 4.69) is 6.92 Å². The Morgan fingerprint density at radius 3 is 2.36 bits per heavy atom. The molecule has 0 aliphatic rings. The van der Waals surface area contributed by atoms with E-state index < -0.39 is 11.7 Å². The van der Waals surface area contributed by atoms with Gasteiger partial charge in [-0.1, -0.05) is 38.7 Å². The Balaban J connectivity index is 2.65. The smallest absolute Gasteiger partial charge is 0.419 e. The number of aliphatic hydroxyl groups excluding tert-OH is 2. The van der Waals surface area contributed by atoms with Crippen LogP contribution in [0, 0.1) is 5.92 Å². The highest BCUT2D eigenvalue weighted by Gasteiger charge is 2.34. The van der Waals surface area contributed by atoms with Crippen molar-refractivity contribution < 1.29 is 28.1 Å². The van der Waals surface area contributed by atoms with E-state index >= 15 is 0 Å². The monoisotopic (exact) mass is 405 g/mol. The second kappa shape index (κ2) is 13.0. The third-order valence-electron chi connectivity index (χ3n) is 4.81. The average Bonchev–Trinajstić information content (AvgIpc) is 2.66. The standard InChI is InChI=1S/C21H34F3NO3/c1-2-3-4-5-6-11-28-20-10-8-16(13-19(20)21(22,23)24)7-9-18(25)12-17(14-26)15-27/h8,10,13,17-18,26-27H,2-7,9,11-12,14-15,25H2,1H3. The molecule has 162 valence electrons. The second-order valence-corrected chi connectivity index (χ2v) is 7.36. The molecule has 0 fully saturated rings. The zero-order valence-corrected chi connectivity index (χ0v) is 16.7. The lowest BCUT2D eigenvalue weighted by Gasteiger charge is -2.18. The predicted octanol–water partition coefficient (Wildman–Crippen LogP) is 4.31. The van der Waals surface area contributed by atoms with Gasteiger partial charge in [0.15, 0.2) is 0 Å². The quantitative estimate of drug-likeness (QED) is 0.403. The molecule has 0 saturated carbocycles. The maximum atomic E-state index is 13.4. The summed E-state index contributed by atoms with van der Waals surface area (Å²) in [5.74, 6) is -0.425. The van der Waals surface area contributed by atoms with Gasteiger partial charge in [0.1, 0.15) is 5.75 Å². The van der Waals surface area contributed by atoms with E-state index in [-0.39, 0.29) is 37.5 Å². The Bertz CT molecular complexity index is 548. The Kier molecular flexibility index (Phi) is 11.5. The lowest BCUT2D eigenvalue weighted by Crippen LogP contribution is -2.27. The second-order valence-electron chi connectivity index (χ2n) is 7.36. The molecule has 1 atom stereocenters. The highest BCUT2D eigenvalue weighted by Crippen LogP contribution is 2.37. The Hall–Kier alpha value is -1.31. The SMILES string of the molecule is CCCCCCCOc1ccc(CCC(N)CC(CO)CO)cc1C(F)(F)F. The van der Waals surface area contributed by atoms with Crippen LogP contribution < -0.4 is 10.5 Å². The molecular weight excluding hydrogens is 371 g/mol. The number of aryl methyl sites for hydroxylation is 1. The van der Waals surface area contributed by atoms with Crippen LogP contribution in [-0.4, -0.2) is 36.1 Å². The topological polar surface area (TPSA) is 75.7 Å². The minimum absolute atomic E-state index is 0.128. The molecule has 1 aromatic rings. The first-order chi connectivity index (χ1) is 13.3. The van der Waals surface area contributed by atoms with Gasteiger partial charge in [-0.05, 0) is 43.4 Å². The van der Waals surface area contributed by atoms with E-state index in [1.54, 1.807) is 6.07 Å². The Labute approximate surface area is 165 Å². The number of hydrogen-bond acceptors (Lipinski definition) is 4. The number of rotatable bonds is 14. The summed E-state index contributed by atoms with van der Waals surface area (Å²) in [5.41, 5.74) is 5.76. The van der Waals surface area contributed by atoms with Crippen LogP contribution in [0.2, 0.25) is 0 Å². The molecule has 28 heavy (non-hydrogen) atoms. The lowest BCUT2D eigenvalue weighted by molar-refractivity contribution is -0.139. The van der Waals surface area contributed by atoms with E-state index in [0.29, 0.717) is 24.8 Å². The van der Waals surface area contributed by atoms with Gasteiger partial charge in [-0.2, -0.15) is 13.2 Å². The van der Waals surface area contributed by atoms with Crippen molar-refractivity contribution in [2.75, 3.05) is 19.8 Å². The molecule has 1 aromatic carbocycles. The number of unbranched alkanes of at least 4 members (excludes halogenated alkanes) is 4. The molecule has 4 N–H and O–H groups in total. The van der Waals surface area contributed by atoms with Crippen LogP contribution in [0.5, 0.6) is 5.75 Å². The van der Waals surface area contributed by atoms with Crippen LogP contribution in [-0.2, 0) is 12.6 Å². The van der Waals surface area contributed by atoms with Crippen molar-refractivity contribution in [3.63, 3.8) is 0 Å². The number of nitrogens with two attached hydrogens (primary N) is 1. The first-order valence-corrected chi connectivity index (χ1v) is 10.1. The molecule has 4 nitrogen and oxygen atoms in total. The number of aliphatic hydroxyl groups is 2. The highest BCUT2D eigenvalue weighted by atomic mass is 19.4. The molecule has 1 unspecified atom stereocenters. The lowest BCUT2D eigenvalue weighted by atomic mass is 9.96. The molecule has 0 bridgehead atoms. The van der Waals surface area contributed by atoms with Gasteiger partial charge in [-0.3, -0.25) is 0 Å². The molecule has 0 heterocycles. The van der Waals surface area contributed by atoms with Crippen molar-refractivity contribution >= 4 is 0 Å². The van der Waals surface area contributed by atoms with Crippen molar-refractivity contribution in [3.05, 3.63) is 29.3 Å². The fourth-order valence-electron chi connectivity index (χ4n) is 3.07. The summed E-state index contributed by atoms with van der Waals surface area (Å²) in [6.45, 7) is 2.07. The van der Waals surface area contributed by atoms with E-state index in [1.165, 1.54) is 6.07 Å². The normalized spacial score (nSPS) is 13.1. The molecule has 0 amide bonds. The molecule has 0 spiro atoms.